The van der Waals surface area contributed by atoms with Crippen LogP contribution in [0.5, 0.6) is 0 Å². The molecule has 3 amide bonds. The minimum atomic E-state index is -1.36. The zero-order chi connectivity index (χ0) is 29.1. The molecular weight excluding hydrogens is 521 g/mol. The molecule has 6 rings (SSSR count). The van der Waals surface area contributed by atoms with Gasteiger partial charge in [0.2, 0.25) is 17.7 Å². The van der Waals surface area contributed by atoms with E-state index in [0.717, 1.165) is 25.7 Å². The standard InChI is InChI=1S/C33H40FN3O4/c1-32(10-3-11-32)17-37-30(39)27-22-13-21(12-18-4-5-18)24(15-22)28(27)33(31(36)40)16-20(7-9-26(33)41-2)23-14-19(29(35)38)6-8-25(23)34/h6-9,12,14,18,22,24,27-28H,3-5,10-11,13,15-17H2,1-2H3,(H2,35,38)(H2,36,40)(H,37,39)/b21-12+/t22-,24+,27+,28-,33?/m1/s1. The van der Waals surface area contributed by atoms with Gasteiger partial charge >= 0.3 is 0 Å². The third kappa shape index (κ3) is 4.69. The molecule has 0 spiro atoms. The van der Waals surface area contributed by atoms with Gasteiger partial charge in [-0.25, -0.2) is 4.39 Å². The van der Waals surface area contributed by atoms with Crippen molar-refractivity contribution in [3.8, 4) is 0 Å². The maximum Gasteiger partial charge on any atom is 0.248 e. The summed E-state index contributed by atoms with van der Waals surface area (Å²) >= 11 is 0. The van der Waals surface area contributed by atoms with Gasteiger partial charge in [0, 0.05) is 23.6 Å². The molecule has 0 heterocycles. The van der Waals surface area contributed by atoms with E-state index < -0.39 is 34.9 Å². The number of halogens is 1. The molecule has 5 N–H and O–H groups in total. The first kappa shape index (κ1) is 27.7. The van der Waals surface area contributed by atoms with E-state index in [0.29, 0.717) is 23.8 Å². The highest BCUT2D eigenvalue weighted by Crippen LogP contribution is 2.65. The van der Waals surface area contributed by atoms with Gasteiger partial charge in [0.15, 0.2) is 0 Å². The quantitative estimate of drug-likeness (QED) is 0.380. The molecule has 1 aromatic carbocycles. The first-order chi connectivity index (χ1) is 19.6. The second-order valence-corrected chi connectivity index (χ2v) is 13.3. The lowest BCUT2D eigenvalue weighted by atomic mass is 9.57. The Kier molecular flexibility index (Phi) is 6.86. The largest absolute Gasteiger partial charge is 0.500 e. The fourth-order valence-electron chi connectivity index (χ4n) is 8.16. The van der Waals surface area contributed by atoms with Crippen LogP contribution in [0.2, 0.25) is 0 Å². The lowest BCUT2D eigenvalue weighted by molar-refractivity contribution is -0.138. The molecular formula is C33H40FN3O4. The van der Waals surface area contributed by atoms with Crippen molar-refractivity contribution in [2.24, 2.45) is 51.9 Å². The first-order valence-corrected chi connectivity index (χ1v) is 14.9. The number of carbonyl (C=O) groups is 3. The average Bonchev–Trinajstić information content (AvgIpc) is 3.55. The van der Waals surface area contributed by atoms with Gasteiger partial charge in [-0.15, -0.1) is 0 Å². The second kappa shape index (κ2) is 10.1. The Morgan fingerprint density at radius 3 is 2.54 bits per heavy atom. The lowest BCUT2D eigenvalue weighted by Gasteiger charge is -2.47. The predicted molar refractivity (Wildman–Crippen MR) is 153 cm³/mol. The van der Waals surface area contributed by atoms with Crippen molar-refractivity contribution in [2.75, 3.05) is 13.7 Å². The molecule has 0 radical (unpaired) electrons. The predicted octanol–water partition coefficient (Wildman–Crippen LogP) is 4.63. The molecule has 1 aromatic rings. The van der Waals surface area contributed by atoms with Gasteiger partial charge in [-0.05, 0) is 104 Å². The third-order valence-corrected chi connectivity index (χ3v) is 10.7. The number of fused-ring (bicyclic) bond motifs is 2. The fourth-order valence-corrected chi connectivity index (χ4v) is 8.16. The molecule has 5 atom stereocenters. The van der Waals surface area contributed by atoms with E-state index in [2.05, 4.69) is 18.3 Å². The van der Waals surface area contributed by atoms with Crippen molar-refractivity contribution in [3.05, 3.63) is 64.7 Å². The minimum Gasteiger partial charge on any atom is -0.500 e. The van der Waals surface area contributed by atoms with Gasteiger partial charge in [0.05, 0.1) is 7.11 Å². The fraction of sp³-hybridized carbons (Fsp3) is 0.545. The summed E-state index contributed by atoms with van der Waals surface area (Å²) in [5.41, 5.74) is 12.8. The molecule has 7 nitrogen and oxygen atoms in total. The second-order valence-electron chi connectivity index (χ2n) is 13.3. The Balaban J connectivity index is 1.42. The normalized spacial score (nSPS) is 32.6. The highest BCUT2D eigenvalue weighted by molar-refractivity contribution is 5.95. The number of ether oxygens (including phenoxy) is 1. The number of rotatable bonds is 9. The number of carbonyl (C=O) groups excluding carboxylic acids is 3. The van der Waals surface area contributed by atoms with Crippen LogP contribution in [0.1, 0.15) is 74.2 Å². The van der Waals surface area contributed by atoms with Crippen molar-refractivity contribution in [3.63, 3.8) is 0 Å². The van der Waals surface area contributed by atoms with Crippen molar-refractivity contribution in [1.29, 1.82) is 0 Å². The summed E-state index contributed by atoms with van der Waals surface area (Å²) in [6, 6.07) is 3.98. The number of nitrogens with two attached hydrogens (primary N) is 2. The summed E-state index contributed by atoms with van der Waals surface area (Å²) in [6.07, 6.45) is 13.2. The van der Waals surface area contributed by atoms with Crippen molar-refractivity contribution < 1.29 is 23.5 Å². The van der Waals surface area contributed by atoms with Gasteiger partial charge in [-0.3, -0.25) is 14.4 Å². The Morgan fingerprint density at radius 2 is 1.93 bits per heavy atom. The van der Waals surface area contributed by atoms with Crippen LogP contribution in [0.4, 0.5) is 4.39 Å². The van der Waals surface area contributed by atoms with Crippen LogP contribution in [0.15, 0.2) is 47.8 Å². The number of primary amides is 2. The van der Waals surface area contributed by atoms with E-state index in [1.54, 1.807) is 12.2 Å². The van der Waals surface area contributed by atoms with E-state index in [1.807, 2.05) is 0 Å². The zero-order valence-electron chi connectivity index (χ0n) is 23.9. The van der Waals surface area contributed by atoms with Crippen LogP contribution in [0.25, 0.3) is 5.57 Å². The zero-order valence-corrected chi connectivity index (χ0v) is 23.9. The summed E-state index contributed by atoms with van der Waals surface area (Å²) in [7, 11) is 1.51. The summed E-state index contributed by atoms with van der Waals surface area (Å²) in [5, 5.41) is 3.25. The van der Waals surface area contributed by atoms with Crippen molar-refractivity contribution >= 4 is 23.3 Å². The van der Waals surface area contributed by atoms with Crippen molar-refractivity contribution in [2.45, 2.75) is 58.3 Å². The summed E-state index contributed by atoms with van der Waals surface area (Å²) in [6.45, 7) is 2.82. The molecule has 0 aromatic heterocycles. The molecule has 8 heteroatoms. The maximum atomic E-state index is 15.2. The number of benzene rings is 1. The number of hydrogen-bond acceptors (Lipinski definition) is 4. The van der Waals surface area contributed by atoms with Gasteiger partial charge in [-0.1, -0.05) is 31.1 Å². The van der Waals surface area contributed by atoms with Crippen LogP contribution in [-0.2, 0) is 14.3 Å². The lowest BCUT2D eigenvalue weighted by Crippen LogP contribution is -2.54. The molecule has 0 aliphatic heterocycles. The molecule has 0 saturated heterocycles. The molecule has 5 aliphatic carbocycles. The van der Waals surface area contributed by atoms with Crippen molar-refractivity contribution in [1.82, 2.24) is 5.32 Å². The van der Waals surface area contributed by atoms with Gasteiger partial charge in [0.1, 0.15) is 17.0 Å². The highest BCUT2D eigenvalue weighted by atomic mass is 19.1. The van der Waals surface area contributed by atoms with Crippen LogP contribution >= 0.6 is 0 Å². The van der Waals surface area contributed by atoms with Crippen LogP contribution < -0.4 is 16.8 Å². The molecule has 5 aliphatic rings. The van der Waals surface area contributed by atoms with E-state index >= 15 is 4.39 Å². The SMILES string of the molecule is COC1=CC=C(c2cc(C(N)=O)ccc2F)CC1(C(N)=O)[C@H]1[C@@H](C(=O)NCC2(C)CCC2)[C@@H]2C/C(=C\C3CC3)[C@@H]1C2. The number of hydrogen-bond donors (Lipinski definition) is 3. The highest BCUT2D eigenvalue weighted by Gasteiger charge is 2.64. The average molecular weight is 562 g/mol. The monoisotopic (exact) mass is 561 g/mol. The third-order valence-electron chi connectivity index (χ3n) is 10.7. The molecule has 41 heavy (non-hydrogen) atoms. The van der Waals surface area contributed by atoms with Gasteiger partial charge < -0.3 is 21.5 Å². The summed E-state index contributed by atoms with van der Waals surface area (Å²) in [4.78, 5) is 39.7. The Hall–Kier alpha value is -3.42. The Bertz CT molecular complexity index is 1390. The number of amides is 3. The minimum absolute atomic E-state index is 0.00263. The van der Waals surface area contributed by atoms with E-state index in [4.69, 9.17) is 16.2 Å². The molecule has 4 fully saturated rings. The Morgan fingerprint density at radius 1 is 1.17 bits per heavy atom. The molecule has 4 saturated carbocycles. The number of nitrogens with one attached hydrogen (secondary N) is 1. The van der Waals surface area contributed by atoms with Gasteiger partial charge in [0.25, 0.3) is 0 Å². The van der Waals surface area contributed by atoms with Crippen LogP contribution in [-0.4, -0.2) is 31.4 Å². The molecule has 2 bridgehead atoms. The summed E-state index contributed by atoms with van der Waals surface area (Å²) in [5.74, 6) is -1.62. The van der Waals surface area contributed by atoms with Crippen LogP contribution in [0, 0.1) is 46.2 Å². The number of allylic oxidation sites excluding steroid dienone is 5. The van der Waals surface area contributed by atoms with Crippen LogP contribution in [0.3, 0.4) is 0 Å². The topological polar surface area (TPSA) is 125 Å². The Labute approximate surface area is 240 Å². The summed E-state index contributed by atoms with van der Waals surface area (Å²) < 4.78 is 21.1. The molecule has 218 valence electrons. The van der Waals surface area contributed by atoms with Gasteiger partial charge in [-0.2, -0.15) is 0 Å². The van der Waals surface area contributed by atoms with E-state index in [1.165, 1.54) is 50.1 Å². The van der Waals surface area contributed by atoms with E-state index in [-0.39, 0.29) is 40.7 Å². The smallest absolute Gasteiger partial charge is 0.248 e. The first-order valence-electron chi connectivity index (χ1n) is 14.9. The molecule has 1 unspecified atom stereocenters. The van der Waals surface area contributed by atoms with E-state index in [9.17, 15) is 14.4 Å². The number of methoxy groups -OCH3 is 1. The maximum absolute atomic E-state index is 15.2.